The molecule has 2 aromatic heterocycles. The van der Waals surface area contributed by atoms with Crippen LogP contribution in [-0.4, -0.2) is 53.1 Å². The number of pyridine rings is 1. The molecule has 24 heavy (non-hydrogen) atoms. The van der Waals surface area contributed by atoms with Crippen molar-refractivity contribution in [2.45, 2.75) is 42.7 Å². The van der Waals surface area contributed by atoms with E-state index >= 15 is 0 Å². The molecular weight excluding hydrogens is 332 g/mol. The highest BCUT2D eigenvalue weighted by atomic mass is 32.2. The third kappa shape index (κ3) is 2.62. The molecule has 0 spiro atoms. The molecule has 4 rings (SSSR count). The van der Waals surface area contributed by atoms with Crippen LogP contribution in [0.15, 0.2) is 33.9 Å². The van der Waals surface area contributed by atoms with Gasteiger partial charge < -0.3 is 9.26 Å². The Bertz CT molecular complexity index is 823. The highest BCUT2D eigenvalue weighted by Crippen LogP contribution is 2.38. The average molecular weight is 350 g/mol. The van der Waals surface area contributed by atoms with Gasteiger partial charge in [0.15, 0.2) is 5.82 Å². The zero-order chi connectivity index (χ0) is 16.7. The summed E-state index contributed by atoms with van der Waals surface area (Å²) >= 11 is 0. The average Bonchev–Trinajstić information content (AvgIpc) is 3.23. The Hall–Kier alpha value is -1.84. The largest absolute Gasteiger partial charge is 0.376 e. The van der Waals surface area contributed by atoms with Crippen molar-refractivity contribution in [1.82, 2.24) is 19.4 Å². The molecule has 2 aliphatic heterocycles. The SMILES string of the molecule is Cc1noc([C@H]2C[C@H]3OCC[C@H]3N(S(=O)(=O)c3cccnc3)C2)n1. The van der Waals surface area contributed by atoms with Crippen molar-refractivity contribution in [2.24, 2.45) is 0 Å². The van der Waals surface area contributed by atoms with Gasteiger partial charge in [-0.1, -0.05) is 5.16 Å². The van der Waals surface area contributed by atoms with Crippen LogP contribution in [0.2, 0.25) is 0 Å². The van der Waals surface area contributed by atoms with E-state index in [-0.39, 0.29) is 23.0 Å². The monoisotopic (exact) mass is 350 g/mol. The second-order valence-electron chi connectivity index (χ2n) is 6.14. The van der Waals surface area contributed by atoms with E-state index in [0.29, 0.717) is 37.7 Å². The quantitative estimate of drug-likeness (QED) is 0.817. The zero-order valence-corrected chi connectivity index (χ0v) is 14.0. The molecule has 0 unspecified atom stereocenters. The molecule has 3 atom stereocenters. The lowest BCUT2D eigenvalue weighted by atomic mass is 9.92. The van der Waals surface area contributed by atoms with E-state index in [0.717, 1.165) is 0 Å². The van der Waals surface area contributed by atoms with Crippen LogP contribution >= 0.6 is 0 Å². The molecule has 0 aromatic carbocycles. The Balaban J connectivity index is 1.70. The first-order valence-electron chi connectivity index (χ1n) is 7.89. The summed E-state index contributed by atoms with van der Waals surface area (Å²) in [6, 6.07) is 3.03. The molecule has 2 aromatic rings. The molecule has 2 saturated heterocycles. The highest BCUT2D eigenvalue weighted by Gasteiger charge is 2.47. The fourth-order valence-corrected chi connectivity index (χ4v) is 5.16. The third-order valence-corrected chi connectivity index (χ3v) is 6.47. The molecule has 8 nitrogen and oxygen atoms in total. The lowest BCUT2D eigenvalue weighted by molar-refractivity contribution is 0.0418. The predicted octanol–water partition coefficient (Wildman–Crippen LogP) is 1.11. The number of fused-ring (bicyclic) bond motifs is 1. The van der Waals surface area contributed by atoms with Gasteiger partial charge in [0.1, 0.15) is 4.90 Å². The van der Waals surface area contributed by atoms with E-state index in [4.69, 9.17) is 9.26 Å². The molecule has 0 N–H and O–H groups in total. The summed E-state index contributed by atoms with van der Waals surface area (Å²) in [4.78, 5) is 8.40. The Morgan fingerprint density at radius 3 is 2.96 bits per heavy atom. The second-order valence-corrected chi connectivity index (χ2v) is 8.03. The minimum atomic E-state index is -3.65. The van der Waals surface area contributed by atoms with Gasteiger partial charge >= 0.3 is 0 Å². The van der Waals surface area contributed by atoms with Crippen LogP contribution in [0.25, 0.3) is 0 Å². The fraction of sp³-hybridized carbons (Fsp3) is 0.533. The van der Waals surface area contributed by atoms with Crippen LogP contribution in [0.5, 0.6) is 0 Å². The van der Waals surface area contributed by atoms with Crippen molar-refractivity contribution in [3.8, 4) is 0 Å². The topological polar surface area (TPSA) is 98.4 Å². The third-order valence-electron chi connectivity index (χ3n) is 4.60. The van der Waals surface area contributed by atoms with Crippen LogP contribution in [0.1, 0.15) is 30.5 Å². The predicted molar refractivity (Wildman–Crippen MR) is 82.7 cm³/mol. The van der Waals surface area contributed by atoms with E-state index < -0.39 is 10.0 Å². The Morgan fingerprint density at radius 2 is 2.25 bits per heavy atom. The summed E-state index contributed by atoms with van der Waals surface area (Å²) in [5.41, 5.74) is 0. The normalized spacial score (nSPS) is 28.0. The summed E-state index contributed by atoms with van der Waals surface area (Å²) < 4.78 is 38.7. The number of hydrogen-bond acceptors (Lipinski definition) is 7. The first kappa shape index (κ1) is 15.7. The molecular formula is C15H18N4O4S. The highest BCUT2D eigenvalue weighted by molar-refractivity contribution is 7.89. The van der Waals surface area contributed by atoms with E-state index in [2.05, 4.69) is 15.1 Å². The van der Waals surface area contributed by atoms with Crippen molar-refractivity contribution >= 4 is 10.0 Å². The summed E-state index contributed by atoms with van der Waals surface area (Å²) in [6.45, 7) is 2.61. The Kier molecular flexibility index (Phi) is 3.86. The maximum atomic E-state index is 13.1. The molecule has 9 heteroatoms. The lowest BCUT2D eigenvalue weighted by Crippen LogP contribution is -2.51. The minimum Gasteiger partial charge on any atom is -0.376 e. The van der Waals surface area contributed by atoms with E-state index in [9.17, 15) is 8.42 Å². The summed E-state index contributed by atoms with van der Waals surface area (Å²) in [5.74, 6) is 0.839. The number of sulfonamides is 1. The van der Waals surface area contributed by atoms with Gasteiger partial charge in [0.2, 0.25) is 15.9 Å². The first-order valence-corrected chi connectivity index (χ1v) is 9.33. The van der Waals surface area contributed by atoms with Crippen molar-refractivity contribution in [1.29, 1.82) is 0 Å². The van der Waals surface area contributed by atoms with Crippen molar-refractivity contribution in [2.75, 3.05) is 13.2 Å². The lowest BCUT2D eigenvalue weighted by Gasteiger charge is -2.38. The van der Waals surface area contributed by atoms with Crippen LogP contribution in [0, 0.1) is 6.92 Å². The second kappa shape index (κ2) is 5.91. The zero-order valence-electron chi connectivity index (χ0n) is 13.2. The number of aromatic nitrogens is 3. The molecule has 4 heterocycles. The maximum Gasteiger partial charge on any atom is 0.244 e. The number of piperidine rings is 1. The number of hydrogen-bond donors (Lipinski definition) is 0. The van der Waals surface area contributed by atoms with E-state index in [1.54, 1.807) is 25.3 Å². The maximum absolute atomic E-state index is 13.1. The van der Waals surface area contributed by atoms with Gasteiger partial charge in [0, 0.05) is 25.5 Å². The van der Waals surface area contributed by atoms with E-state index in [1.807, 2.05) is 0 Å². The van der Waals surface area contributed by atoms with Crippen LogP contribution in [0.3, 0.4) is 0 Å². The molecule has 0 bridgehead atoms. The summed E-state index contributed by atoms with van der Waals surface area (Å²) in [5, 5.41) is 3.82. The standard InChI is InChI=1S/C15H18N4O4S/c1-10-17-15(23-18-10)11-7-14-13(4-6-22-14)19(9-11)24(20,21)12-3-2-5-16-8-12/h2-3,5,8,11,13-14H,4,6-7,9H2,1H3/t11-,13+,14+/m0/s1. The van der Waals surface area contributed by atoms with Crippen molar-refractivity contribution in [3.05, 3.63) is 36.2 Å². The van der Waals surface area contributed by atoms with Crippen LogP contribution in [-0.2, 0) is 14.8 Å². The molecule has 128 valence electrons. The molecule has 0 amide bonds. The minimum absolute atomic E-state index is 0.151. The van der Waals surface area contributed by atoms with Gasteiger partial charge in [0.25, 0.3) is 0 Å². The number of nitrogens with zero attached hydrogens (tertiary/aromatic N) is 4. The summed E-state index contributed by atoms with van der Waals surface area (Å²) in [7, 11) is -3.65. The number of ether oxygens (including phenoxy) is 1. The molecule has 0 saturated carbocycles. The number of rotatable bonds is 3. The van der Waals surface area contributed by atoms with Gasteiger partial charge in [-0.25, -0.2) is 8.42 Å². The number of aryl methyl sites for hydroxylation is 1. The van der Waals surface area contributed by atoms with Crippen molar-refractivity contribution in [3.63, 3.8) is 0 Å². The molecule has 2 aliphatic rings. The molecule has 2 fully saturated rings. The van der Waals surface area contributed by atoms with Crippen LogP contribution in [0.4, 0.5) is 0 Å². The summed E-state index contributed by atoms with van der Waals surface area (Å²) in [6.07, 6.45) is 4.16. The van der Waals surface area contributed by atoms with Crippen molar-refractivity contribution < 1.29 is 17.7 Å². The molecule has 0 aliphatic carbocycles. The fourth-order valence-electron chi connectivity index (χ4n) is 3.47. The van der Waals surface area contributed by atoms with Gasteiger partial charge in [0.05, 0.1) is 18.1 Å². The Labute approximate surface area is 139 Å². The first-order chi connectivity index (χ1) is 11.6. The van der Waals surface area contributed by atoms with Gasteiger partial charge in [-0.05, 0) is 31.9 Å². The van der Waals surface area contributed by atoms with Crippen LogP contribution < -0.4 is 0 Å². The van der Waals surface area contributed by atoms with E-state index in [1.165, 1.54) is 10.5 Å². The van der Waals surface area contributed by atoms with Gasteiger partial charge in [-0.15, -0.1) is 0 Å². The molecule has 0 radical (unpaired) electrons. The van der Waals surface area contributed by atoms with Gasteiger partial charge in [-0.2, -0.15) is 9.29 Å². The van der Waals surface area contributed by atoms with Gasteiger partial charge in [-0.3, -0.25) is 4.98 Å². The smallest absolute Gasteiger partial charge is 0.244 e. The Morgan fingerprint density at radius 1 is 1.38 bits per heavy atom.